The zero-order valence-electron chi connectivity index (χ0n) is 6.75. The number of ether oxygens (including phenoxy) is 1. The van der Waals surface area contributed by atoms with Gasteiger partial charge in [-0.05, 0) is 11.6 Å². The number of aromatic nitrogens is 2. The van der Waals surface area contributed by atoms with Crippen molar-refractivity contribution < 1.29 is 9.53 Å². The van der Waals surface area contributed by atoms with Crippen molar-refractivity contribution >= 4 is 29.5 Å². The number of carbonyl (C=O) groups excluding carboxylic acids is 1. The third-order valence-electron chi connectivity index (χ3n) is 1.36. The van der Waals surface area contributed by atoms with Gasteiger partial charge in [0.25, 0.3) is 0 Å². The predicted octanol–water partition coefficient (Wildman–Crippen LogP) is 1.74. The number of halogens is 2. The SMILES string of the molecule is COCc1c(Cl)nc(Cl)nc1C=O. The molecule has 0 fully saturated rings. The van der Waals surface area contributed by atoms with Crippen LogP contribution >= 0.6 is 23.2 Å². The molecule has 0 aliphatic carbocycles. The molecular weight excluding hydrogens is 215 g/mol. The van der Waals surface area contributed by atoms with Crippen molar-refractivity contribution in [3.63, 3.8) is 0 Å². The third kappa shape index (κ3) is 2.37. The van der Waals surface area contributed by atoms with Crippen molar-refractivity contribution in [3.8, 4) is 0 Å². The Kier molecular flexibility index (Phi) is 3.59. The maximum Gasteiger partial charge on any atom is 0.224 e. The molecule has 4 nitrogen and oxygen atoms in total. The second kappa shape index (κ2) is 4.50. The van der Waals surface area contributed by atoms with Gasteiger partial charge in [-0.25, -0.2) is 9.97 Å². The maximum atomic E-state index is 10.5. The summed E-state index contributed by atoms with van der Waals surface area (Å²) >= 11 is 11.2. The molecule has 1 aromatic heterocycles. The standard InChI is InChI=1S/C7H6Cl2N2O2/c1-13-3-4-5(2-12)10-7(9)11-6(4)8/h2H,3H2,1H3. The second-order valence-electron chi connectivity index (χ2n) is 2.20. The Bertz CT molecular complexity index is 331. The Morgan fingerprint density at radius 3 is 2.69 bits per heavy atom. The number of rotatable bonds is 3. The average molecular weight is 221 g/mol. The second-order valence-corrected chi connectivity index (χ2v) is 2.89. The minimum Gasteiger partial charge on any atom is -0.380 e. The van der Waals surface area contributed by atoms with Crippen LogP contribution in [0, 0.1) is 0 Å². The molecular formula is C7H6Cl2N2O2. The minimum atomic E-state index is -0.0491. The van der Waals surface area contributed by atoms with E-state index >= 15 is 0 Å². The Morgan fingerprint density at radius 2 is 2.15 bits per heavy atom. The lowest BCUT2D eigenvalue weighted by Gasteiger charge is -2.04. The molecule has 0 atom stereocenters. The fourth-order valence-electron chi connectivity index (χ4n) is 0.821. The van der Waals surface area contributed by atoms with Crippen LogP contribution in [-0.2, 0) is 11.3 Å². The van der Waals surface area contributed by atoms with Gasteiger partial charge in [-0.15, -0.1) is 0 Å². The first kappa shape index (κ1) is 10.4. The van der Waals surface area contributed by atoms with E-state index in [0.29, 0.717) is 11.8 Å². The van der Waals surface area contributed by atoms with Gasteiger partial charge in [0.1, 0.15) is 10.8 Å². The van der Waals surface area contributed by atoms with Gasteiger partial charge in [0.15, 0.2) is 6.29 Å². The molecule has 0 bridgehead atoms. The summed E-state index contributed by atoms with van der Waals surface area (Å²) in [6.45, 7) is 0.185. The molecule has 0 aliphatic rings. The van der Waals surface area contributed by atoms with E-state index in [4.69, 9.17) is 27.9 Å². The van der Waals surface area contributed by atoms with Gasteiger partial charge >= 0.3 is 0 Å². The van der Waals surface area contributed by atoms with E-state index in [9.17, 15) is 4.79 Å². The van der Waals surface area contributed by atoms with Crippen LogP contribution in [0.25, 0.3) is 0 Å². The number of nitrogens with zero attached hydrogens (tertiary/aromatic N) is 2. The Hall–Kier alpha value is -0.710. The Morgan fingerprint density at radius 1 is 1.46 bits per heavy atom. The molecule has 1 aromatic rings. The fraction of sp³-hybridized carbons (Fsp3) is 0.286. The van der Waals surface area contributed by atoms with E-state index in [-0.39, 0.29) is 22.7 Å². The molecule has 0 unspecified atom stereocenters. The van der Waals surface area contributed by atoms with Crippen LogP contribution in [-0.4, -0.2) is 23.4 Å². The van der Waals surface area contributed by atoms with Crippen molar-refractivity contribution in [2.24, 2.45) is 0 Å². The molecule has 0 spiro atoms. The summed E-state index contributed by atoms with van der Waals surface area (Å²) < 4.78 is 4.82. The van der Waals surface area contributed by atoms with E-state index in [2.05, 4.69) is 9.97 Å². The summed E-state index contributed by atoms with van der Waals surface area (Å²) in [7, 11) is 1.49. The number of hydrogen-bond acceptors (Lipinski definition) is 4. The average Bonchev–Trinajstić information content (AvgIpc) is 2.09. The van der Waals surface area contributed by atoms with Crippen LogP contribution in [0.2, 0.25) is 10.4 Å². The minimum absolute atomic E-state index is 0.0491. The lowest BCUT2D eigenvalue weighted by Crippen LogP contribution is -2.02. The van der Waals surface area contributed by atoms with E-state index in [1.165, 1.54) is 7.11 Å². The molecule has 6 heteroatoms. The number of aldehydes is 1. The number of methoxy groups -OCH3 is 1. The van der Waals surface area contributed by atoms with Crippen LogP contribution in [0.3, 0.4) is 0 Å². The maximum absolute atomic E-state index is 10.5. The van der Waals surface area contributed by atoms with Gasteiger partial charge in [-0.3, -0.25) is 4.79 Å². The topological polar surface area (TPSA) is 52.1 Å². The normalized spacial score (nSPS) is 10.1. The molecule has 0 N–H and O–H groups in total. The molecule has 0 saturated heterocycles. The largest absolute Gasteiger partial charge is 0.380 e. The molecule has 0 radical (unpaired) electrons. The van der Waals surface area contributed by atoms with Crippen LogP contribution in [0.15, 0.2) is 0 Å². The van der Waals surface area contributed by atoms with Gasteiger partial charge in [-0.1, -0.05) is 11.6 Å². The number of hydrogen-bond donors (Lipinski definition) is 0. The van der Waals surface area contributed by atoms with Crippen LogP contribution in [0.1, 0.15) is 16.1 Å². The lowest BCUT2D eigenvalue weighted by atomic mass is 10.2. The molecule has 0 saturated carbocycles. The van der Waals surface area contributed by atoms with Crippen molar-refractivity contribution in [2.45, 2.75) is 6.61 Å². The Balaban J connectivity index is 3.21. The van der Waals surface area contributed by atoms with E-state index in [1.807, 2.05) is 0 Å². The zero-order chi connectivity index (χ0) is 9.84. The van der Waals surface area contributed by atoms with Gasteiger partial charge < -0.3 is 4.74 Å². The van der Waals surface area contributed by atoms with Crippen LogP contribution in [0.4, 0.5) is 0 Å². The highest BCUT2D eigenvalue weighted by atomic mass is 35.5. The van der Waals surface area contributed by atoms with Gasteiger partial charge in [0, 0.05) is 12.7 Å². The van der Waals surface area contributed by atoms with Gasteiger partial charge in [-0.2, -0.15) is 0 Å². The summed E-state index contributed by atoms with van der Waals surface area (Å²) in [4.78, 5) is 17.9. The summed E-state index contributed by atoms with van der Waals surface area (Å²) in [5.41, 5.74) is 0.607. The molecule has 0 aliphatic heterocycles. The molecule has 70 valence electrons. The van der Waals surface area contributed by atoms with Crippen molar-refractivity contribution in [1.82, 2.24) is 9.97 Å². The molecule has 13 heavy (non-hydrogen) atoms. The monoisotopic (exact) mass is 220 g/mol. The van der Waals surface area contributed by atoms with Crippen LogP contribution in [0.5, 0.6) is 0 Å². The Labute approximate surface area is 84.8 Å². The summed E-state index contributed by atoms with van der Waals surface area (Å²) in [6, 6.07) is 0. The van der Waals surface area contributed by atoms with E-state index in [0.717, 1.165) is 0 Å². The highest BCUT2D eigenvalue weighted by Crippen LogP contribution is 2.18. The molecule has 0 amide bonds. The van der Waals surface area contributed by atoms with Crippen molar-refractivity contribution in [1.29, 1.82) is 0 Å². The smallest absolute Gasteiger partial charge is 0.224 e. The van der Waals surface area contributed by atoms with Crippen molar-refractivity contribution in [3.05, 3.63) is 21.7 Å². The van der Waals surface area contributed by atoms with Gasteiger partial charge in [0.2, 0.25) is 5.28 Å². The van der Waals surface area contributed by atoms with E-state index in [1.54, 1.807) is 0 Å². The predicted molar refractivity (Wildman–Crippen MR) is 48.2 cm³/mol. The molecule has 1 heterocycles. The third-order valence-corrected chi connectivity index (χ3v) is 1.84. The first-order chi connectivity index (χ1) is 6.19. The van der Waals surface area contributed by atoms with E-state index < -0.39 is 0 Å². The highest BCUT2D eigenvalue weighted by Gasteiger charge is 2.10. The van der Waals surface area contributed by atoms with Crippen molar-refractivity contribution in [2.75, 3.05) is 7.11 Å². The summed E-state index contributed by atoms with van der Waals surface area (Å²) in [6.07, 6.45) is 0.563. The summed E-state index contributed by atoms with van der Waals surface area (Å²) in [5, 5.41) is 0.0934. The van der Waals surface area contributed by atoms with Gasteiger partial charge in [0.05, 0.1) is 6.61 Å². The van der Waals surface area contributed by atoms with Crippen LogP contribution < -0.4 is 0 Å². The zero-order valence-corrected chi connectivity index (χ0v) is 8.26. The highest BCUT2D eigenvalue weighted by molar-refractivity contribution is 6.32. The fourth-order valence-corrected chi connectivity index (χ4v) is 1.27. The molecule has 0 aromatic carbocycles. The number of carbonyl (C=O) groups is 1. The molecule has 1 rings (SSSR count). The quantitative estimate of drug-likeness (QED) is 0.443. The first-order valence-corrected chi connectivity index (χ1v) is 4.10. The summed E-state index contributed by atoms with van der Waals surface area (Å²) in [5.74, 6) is 0. The first-order valence-electron chi connectivity index (χ1n) is 3.35. The lowest BCUT2D eigenvalue weighted by molar-refractivity contribution is 0.111.